The molecule has 2 radical (unpaired) electrons. The number of halogens is 2. The molecule has 0 fully saturated rings. The molecule has 46 valence electrons. The molecule has 0 aliphatic carbocycles. The Morgan fingerprint density at radius 1 is 1.22 bits per heavy atom. The van der Waals surface area contributed by atoms with Crippen LogP contribution in [0.2, 0.25) is 0 Å². The van der Waals surface area contributed by atoms with Crippen molar-refractivity contribution in [1.82, 2.24) is 0 Å². The Hall–Kier alpha value is -0.920. The minimum atomic E-state index is -0.975. The van der Waals surface area contributed by atoms with E-state index in [9.17, 15) is 8.78 Å². The molecule has 0 nitrogen and oxygen atoms in total. The van der Waals surface area contributed by atoms with Crippen molar-refractivity contribution >= 4 is 0 Å². The van der Waals surface area contributed by atoms with Gasteiger partial charge in [-0.2, -0.15) is 0 Å². The molecule has 0 aromatic heterocycles. The monoisotopic (exact) mass is 126 g/mol. The average Bonchev–Trinajstić information content (AvgIpc) is 1.83. The standard InChI is InChI=1S/C7H4F2/c1-5-3-2-4-6(8)7(5)9/h1-4H. The first-order valence-corrected chi connectivity index (χ1v) is 2.41. The van der Waals surface area contributed by atoms with Gasteiger partial charge in [-0.1, -0.05) is 12.1 Å². The van der Waals surface area contributed by atoms with Crippen LogP contribution < -0.4 is 0 Å². The van der Waals surface area contributed by atoms with Gasteiger partial charge in [0.25, 0.3) is 0 Å². The summed E-state index contributed by atoms with van der Waals surface area (Å²) in [5.74, 6) is -1.88. The van der Waals surface area contributed by atoms with Gasteiger partial charge < -0.3 is 0 Å². The molecule has 0 spiro atoms. The van der Waals surface area contributed by atoms with E-state index in [0.29, 0.717) is 0 Å². The third kappa shape index (κ3) is 1.07. The molecule has 0 aliphatic heterocycles. The highest BCUT2D eigenvalue weighted by atomic mass is 19.2. The van der Waals surface area contributed by atoms with E-state index >= 15 is 0 Å². The summed E-state index contributed by atoms with van der Waals surface area (Å²) in [6.07, 6.45) is 0. The molecule has 0 amide bonds. The van der Waals surface area contributed by atoms with Gasteiger partial charge in [0.15, 0.2) is 11.6 Å². The summed E-state index contributed by atoms with van der Waals surface area (Å²) in [7, 11) is 0. The van der Waals surface area contributed by atoms with Crippen molar-refractivity contribution in [2.24, 2.45) is 0 Å². The second-order valence-electron chi connectivity index (χ2n) is 1.64. The van der Waals surface area contributed by atoms with Crippen LogP contribution in [-0.4, -0.2) is 0 Å². The first-order chi connectivity index (χ1) is 4.22. The van der Waals surface area contributed by atoms with Crippen LogP contribution in [0, 0.1) is 18.6 Å². The van der Waals surface area contributed by atoms with E-state index in [1.165, 1.54) is 12.1 Å². The SMILES string of the molecule is [CH]c1cccc(F)c1F. The van der Waals surface area contributed by atoms with Crippen molar-refractivity contribution in [3.05, 3.63) is 42.3 Å². The molecule has 9 heavy (non-hydrogen) atoms. The van der Waals surface area contributed by atoms with Crippen molar-refractivity contribution in [3.63, 3.8) is 0 Å². The van der Waals surface area contributed by atoms with Gasteiger partial charge in [-0.05, 0) is 11.6 Å². The summed E-state index contributed by atoms with van der Waals surface area (Å²) in [4.78, 5) is 0. The zero-order valence-corrected chi connectivity index (χ0v) is 4.57. The molecule has 0 saturated carbocycles. The maximum absolute atomic E-state index is 12.2. The second-order valence-corrected chi connectivity index (χ2v) is 1.64. The number of hydrogen-bond acceptors (Lipinski definition) is 0. The molecule has 0 unspecified atom stereocenters. The van der Waals surface area contributed by atoms with Gasteiger partial charge >= 0.3 is 0 Å². The lowest BCUT2D eigenvalue weighted by Gasteiger charge is -1.93. The maximum Gasteiger partial charge on any atom is 0.162 e. The highest BCUT2D eigenvalue weighted by Crippen LogP contribution is 2.08. The van der Waals surface area contributed by atoms with Crippen LogP contribution in [0.5, 0.6) is 0 Å². The Labute approximate surface area is 52.1 Å². The Bertz CT molecular complexity index is 198. The lowest BCUT2D eigenvalue weighted by molar-refractivity contribution is 0.505. The fraction of sp³-hybridized carbons (Fsp3) is 0. The van der Waals surface area contributed by atoms with Crippen molar-refractivity contribution in [2.75, 3.05) is 0 Å². The Morgan fingerprint density at radius 3 is 2.33 bits per heavy atom. The van der Waals surface area contributed by atoms with E-state index in [1.807, 2.05) is 0 Å². The van der Waals surface area contributed by atoms with Crippen molar-refractivity contribution in [1.29, 1.82) is 0 Å². The fourth-order valence-corrected chi connectivity index (χ4v) is 0.520. The quantitative estimate of drug-likeness (QED) is 0.499. The third-order valence-corrected chi connectivity index (χ3v) is 0.981. The molecule has 0 saturated heterocycles. The van der Waals surface area contributed by atoms with Crippen molar-refractivity contribution in [2.45, 2.75) is 0 Å². The van der Waals surface area contributed by atoms with E-state index in [0.717, 1.165) is 6.07 Å². The van der Waals surface area contributed by atoms with E-state index in [1.54, 1.807) is 0 Å². The predicted molar refractivity (Wildman–Crippen MR) is 29.8 cm³/mol. The van der Waals surface area contributed by atoms with Gasteiger partial charge in [0.1, 0.15) is 0 Å². The minimum absolute atomic E-state index is 0.157. The zero-order chi connectivity index (χ0) is 6.85. The lowest BCUT2D eigenvalue weighted by Crippen LogP contribution is -1.85. The summed E-state index contributed by atoms with van der Waals surface area (Å²) >= 11 is 0. The molecule has 1 aromatic rings. The average molecular weight is 126 g/mol. The van der Waals surface area contributed by atoms with Gasteiger partial charge in [0, 0.05) is 6.92 Å². The Morgan fingerprint density at radius 2 is 1.89 bits per heavy atom. The van der Waals surface area contributed by atoms with Gasteiger partial charge in [-0.25, -0.2) is 8.78 Å². The fourth-order valence-electron chi connectivity index (χ4n) is 0.520. The van der Waals surface area contributed by atoms with Gasteiger partial charge in [0.2, 0.25) is 0 Å². The highest BCUT2D eigenvalue weighted by Gasteiger charge is 2.00. The second kappa shape index (κ2) is 2.13. The van der Waals surface area contributed by atoms with E-state index < -0.39 is 11.6 Å². The third-order valence-electron chi connectivity index (χ3n) is 0.981. The van der Waals surface area contributed by atoms with Gasteiger partial charge in [-0.15, -0.1) is 0 Å². The van der Waals surface area contributed by atoms with Crippen LogP contribution >= 0.6 is 0 Å². The summed E-state index contributed by atoms with van der Waals surface area (Å²) in [6.45, 7) is 5.01. The van der Waals surface area contributed by atoms with Crippen LogP contribution in [-0.2, 0) is 0 Å². The number of hydrogen-bond donors (Lipinski definition) is 0. The number of benzene rings is 1. The van der Waals surface area contributed by atoms with Crippen LogP contribution in [0.1, 0.15) is 5.56 Å². The van der Waals surface area contributed by atoms with Crippen molar-refractivity contribution < 1.29 is 8.78 Å². The molecular formula is C7H4F2. The molecular weight excluding hydrogens is 122 g/mol. The largest absolute Gasteiger partial charge is 0.204 e. The molecule has 1 aromatic carbocycles. The normalized spacial score (nSPS) is 9.67. The molecule has 0 N–H and O–H groups in total. The van der Waals surface area contributed by atoms with Crippen LogP contribution in [0.3, 0.4) is 0 Å². The first-order valence-electron chi connectivity index (χ1n) is 2.41. The minimum Gasteiger partial charge on any atom is -0.204 e. The van der Waals surface area contributed by atoms with Crippen LogP contribution in [0.25, 0.3) is 0 Å². The van der Waals surface area contributed by atoms with E-state index in [2.05, 4.69) is 0 Å². The smallest absolute Gasteiger partial charge is 0.162 e. The highest BCUT2D eigenvalue weighted by molar-refractivity contribution is 5.20. The maximum atomic E-state index is 12.2. The summed E-state index contributed by atoms with van der Waals surface area (Å²) in [6, 6.07) is 3.68. The van der Waals surface area contributed by atoms with Crippen molar-refractivity contribution in [3.8, 4) is 0 Å². The van der Waals surface area contributed by atoms with Crippen LogP contribution in [0.4, 0.5) is 8.78 Å². The summed E-state index contributed by atoms with van der Waals surface area (Å²) < 4.78 is 24.4. The molecule has 0 atom stereocenters. The lowest BCUT2D eigenvalue weighted by atomic mass is 10.2. The molecule has 1 rings (SSSR count). The van der Waals surface area contributed by atoms with Gasteiger partial charge in [-0.3, -0.25) is 0 Å². The van der Waals surface area contributed by atoms with Crippen LogP contribution in [0.15, 0.2) is 18.2 Å². The Kier molecular flexibility index (Phi) is 1.47. The van der Waals surface area contributed by atoms with E-state index in [-0.39, 0.29) is 5.56 Å². The molecule has 0 aliphatic rings. The van der Waals surface area contributed by atoms with Gasteiger partial charge in [0.05, 0.1) is 0 Å². The topological polar surface area (TPSA) is 0 Å². The summed E-state index contributed by atoms with van der Waals surface area (Å²) in [5, 5.41) is 0. The molecule has 0 bridgehead atoms. The zero-order valence-electron chi connectivity index (χ0n) is 4.57. The molecule has 2 heteroatoms. The first kappa shape index (κ1) is 6.20. The molecule has 0 heterocycles. The number of rotatable bonds is 0. The summed E-state index contributed by atoms with van der Waals surface area (Å²) in [5.41, 5.74) is -0.157. The Balaban J connectivity index is 3.25. The van der Waals surface area contributed by atoms with E-state index in [4.69, 9.17) is 6.92 Å². The predicted octanol–water partition coefficient (Wildman–Crippen LogP) is 2.02.